The van der Waals surface area contributed by atoms with Crippen molar-refractivity contribution in [2.75, 3.05) is 0 Å². The van der Waals surface area contributed by atoms with E-state index in [0.717, 1.165) is 38.7 Å². The van der Waals surface area contributed by atoms with Gasteiger partial charge in [-0.25, -0.2) is 9.97 Å². The van der Waals surface area contributed by atoms with Crippen LogP contribution in [0, 0.1) is 23.7 Å². The lowest BCUT2D eigenvalue weighted by molar-refractivity contribution is 0.380. The molecule has 0 radical (unpaired) electrons. The second-order valence-corrected chi connectivity index (χ2v) is 12.2. The molecule has 5 aromatic heterocycles. The Labute approximate surface area is 324 Å². The monoisotopic (exact) mass is 729 g/mol. The third kappa shape index (κ3) is 10.4. The SMILES string of the molecule is C(#Cc1ccccn1)CCc1nc(-c2ccc3ccccc3c2)no1.C(#Cc1ccccn1)CCc1nc(-c2cccc3ccccc23)no1.c1ccncc1. The number of hydrogen-bond acceptors (Lipinski definition) is 9. The Bertz CT molecular complexity index is 2690. The van der Waals surface area contributed by atoms with Crippen molar-refractivity contribution >= 4 is 21.5 Å². The molecule has 0 aliphatic carbocycles. The van der Waals surface area contributed by atoms with Crippen LogP contribution in [-0.4, -0.2) is 35.2 Å². The second-order valence-electron chi connectivity index (χ2n) is 12.2. The van der Waals surface area contributed by atoms with Crippen molar-refractivity contribution in [3.8, 4) is 46.5 Å². The molecule has 9 heteroatoms. The second kappa shape index (κ2) is 19.4. The lowest BCUT2D eigenvalue weighted by Gasteiger charge is -2.01. The minimum Gasteiger partial charge on any atom is -0.339 e. The minimum atomic E-state index is 0.596. The molecule has 0 bridgehead atoms. The summed E-state index contributed by atoms with van der Waals surface area (Å²) in [7, 11) is 0. The van der Waals surface area contributed by atoms with Gasteiger partial charge < -0.3 is 9.05 Å². The summed E-state index contributed by atoms with van der Waals surface area (Å²) in [4.78, 5) is 21.1. The van der Waals surface area contributed by atoms with E-state index in [1.54, 1.807) is 24.8 Å². The first-order valence-electron chi connectivity index (χ1n) is 18.1. The van der Waals surface area contributed by atoms with Crippen molar-refractivity contribution in [2.45, 2.75) is 25.7 Å². The summed E-state index contributed by atoms with van der Waals surface area (Å²) in [5.41, 5.74) is 3.47. The Hall–Kier alpha value is -7.75. The van der Waals surface area contributed by atoms with E-state index in [2.05, 4.69) is 101 Å². The molecule has 0 amide bonds. The van der Waals surface area contributed by atoms with Crippen LogP contribution in [0.5, 0.6) is 0 Å². The maximum absolute atomic E-state index is 5.38. The molecule has 9 rings (SSSR count). The van der Waals surface area contributed by atoms with Crippen LogP contribution in [0.15, 0.2) is 173 Å². The highest BCUT2D eigenvalue weighted by Crippen LogP contribution is 2.27. The van der Waals surface area contributed by atoms with Gasteiger partial charge >= 0.3 is 0 Å². The molecule has 0 N–H and O–H groups in total. The average molecular weight is 730 g/mol. The van der Waals surface area contributed by atoms with Gasteiger partial charge in [0, 0.05) is 61.6 Å². The molecule has 0 aliphatic heterocycles. The number of pyridine rings is 3. The van der Waals surface area contributed by atoms with Crippen molar-refractivity contribution < 1.29 is 9.05 Å². The van der Waals surface area contributed by atoms with E-state index in [-0.39, 0.29) is 0 Å². The van der Waals surface area contributed by atoms with Crippen LogP contribution in [-0.2, 0) is 12.8 Å². The van der Waals surface area contributed by atoms with Gasteiger partial charge in [-0.15, -0.1) is 0 Å². The highest BCUT2D eigenvalue weighted by atomic mass is 16.5. The smallest absolute Gasteiger partial charge is 0.227 e. The third-order valence-corrected chi connectivity index (χ3v) is 8.23. The standard InChI is InChI=1S/2C21H15N3O.C5H5N/c1-3-12-18-16(8-1)9-7-13-19(18)21-23-20(25-24-21)14-4-2-10-17-11-5-6-15-22-17;1-2-8-17-15-18(13-12-16(17)7-1)21-23-20(25-24-21)11-4-3-9-19-10-5-6-14-22-19;1-2-4-6-5-3-1/h1,3,5-9,11-13,15H,4,14H2;1-2,5-8,10,12-15H,4,11H2;1-5H. The molecule has 0 atom stereocenters. The lowest BCUT2D eigenvalue weighted by Crippen LogP contribution is -1.86. The number of aromatic nitrogens is 7. The molecule has 0 saturated heterocycles. The van der Waals surface area contributed by atoms with Crippen molar-refractivity contribution in [3.63, 3.8) is 0 Å². The van der Waals surface area contributed by atoms with E-state index < -0.39 is 0 Å². The van der Waals surface area contributed by atoms with E-state index >= 15 is 0 Å². The van der Waals surface area contributed by atoms with Crippen molar-refractivity contribution in [3.05, 3.63) is 187 Å². The number of benzene rings is 4. The predicted octanol–water partition coefficient (Wildman–Crippen LogP) is 9.62. The average Bonchev–Trinajstić information content (AvgIpc) is 3.96. The highest BCUT2D eigenvalue weighted by Gasteiger charge is 2.11. The summed E-state index contributed by atoms with van der Waals surface area (Å²) in [6.07, 6.45) is 9.51. The number of aryl methyl sites for hydroxylation is 2. The van der Waals surface area contributed by atoms with Crippen LogP contribution in [0.2, 0.25) is 0 Å². The first kappa shape index (κ1) is 36.6. The van der Waals surface area contributed by atoms with Crippen LogP contribution in [0.1, 0.15) is 36.0 Å². The molecule has 5 heterocycles. The number of hydrogen-bond donors (Lipinski definition) is 0. The third-order valence-electron chi connectivity index (χ3n) is 8.23. The molecule has 4 aromatic carbocycles. The molecule has 0 aliphatic rings. The maximum Gasteiger partial charge on any atom is 0.227 e. The predicted molar refractivity (Wildman–Crippen MR) is 218 cm³/mol. The van der Waals surface area contributed by atoms with Gasteiger partial charge in [-0.1, -0.05) is 119 Å². The fraction of sp³-hybridized carbons (Fsp3) is 0.0851. The van der Waals surface area contributed by atoms with E-state index in [1.807, 2.05) is 97.1 Å². The minimum absolute atomic E-state index is 0.596. The molecule has 270 valence electrons. The Morgan fingerprint density at radius 3 is 1.66 bits per heavy atom. The highest BCUT2D eigenvalue weighted by molar-refractivity contribution is 5.95. The van der Waals surface area contributed by atoms with Gasteiger partial charge in [0.2, 0.25) is 23.4 Å². The van der Waals surface area contributed by atoms with Crippen LogP contribution in [0.4, 0.5) is 0 Å². The van der Waals surface area contributed by atoms with Gasteiger partial charge in [0.05, 0.1) is 0 Å². The van der Waals surface area contributed by atoms with Crippen molar-refractivity contribution in [2.24, 2.45) is 0 Å². The van der Waals surface area contributed by atoms with Gasteiger partial charge in [-0.05, 0) is 75.9 Å². The first-order chi connectivity index (χ1) is 27.8. The van der Waals surface area contributed by atoms with Crippen LogP contribution in [0.25, 0.3) is 44.3 Å². The molecule has 9 nitrogen and oxygen atoms in total. The normalized spacial score (nSPS) is 10.1. The van der Waals surface area contributed by atoms with E-state index in [0.29, 0.717) is 49.1 Å². The zero-order chi connectivity index (χ0) is 38.0. The zero-order valence-electron chi connectivity index (χ0n) is 30.4. The van der Waals surface area contributed by atoms with Crippen LogP contribution >= 0.6 is 0 Å². The Morgan fingerprint density at radius 1 is 0.464 bits per heavy atom. The summed E-state index contributed by atoms with van der Waals surface area (Å²) in [6, 6.07) is 45.7. The summed E-state index contributed by atoms with van der Waals surface area (Å²) in [5, 5.41) is 12.8. The van der Waals surface area contributed by atoms with Crippen LogP contribution < -0.4 is 0 Å². The largest absolute Gasteiger partial charge is 0.339 e. The summed E-state index contributed by atoms with van der Waals surface area (Å²) in [6.45, 7) is 0. The molecule has 56 heavy (non-hydrogen) atoms. The molecule has 0 fully saturated rings. The molecule has 0 unspecified atom stereocenters. The first-order valence-corrected chi connectivity index (χ1v) is 18.1. The number of fused-ring (bicyclic) bond motifs is 2. The Kier molecular flexibility index (Phi) is 12.7. The molecular formula is C47H35N7O2. The number of rotatable bonds is 6. The molecule has 0 spiro atoms. The summed E-state index contributed by atoms with van der Waals surface area (Å²) >= 11 is 0. The number of nitrogens with zero attached hydrogens (tertiary/aromatic N) is 7. The van der Waals surface area contributed by atoms with E-state index in [4.69, 9.17) is 9.05 Å². The Morgan fingerprint density at radius 2 is 1.04 bits per heavy atom. The fourth-order valence-corrected chi connectivity index (χ4v) is 5.52. The van der Waals surface area contributed by atoms with Gasteiger partial charge in [0.1, 0.15) is 11.4 Å². The van der Waals surface area contributed by atoms with Crippen LogP contribution in [0.3, 0.4) is 0 Å². The molecule has 0 saturated carbocycles. The van der Waals surface area contributed by atoms with Crippen molar-refractivity contribution in [1.29, 1.82) is 0 Å². The Balaban J connectivity index is 0.000000149. The zero-order valence-corrected chi connectivity index (χ0v) is 30.4. The summed E-state index contributed by atoms with van der Waals surface area (Å²) in [5.74, 6) is 14.6. The summed E-state index contributed by atoms with van der Waals surface area (Å²) < 4.78 is 10.7. The van der Waals surface area contributed by atoms with Gasteiger partial charge in [0.25, 0.3) is 0 Å². The fourth-order valence-electron chi connectivity index (χ4n) is 5.52. The van der Waals surface area contributed by atoms with Gasteiger partial charge in [-0.2, -0.15) is 9.97 Å². The molecule has 9 aromatic rings. The van der Waals surface area contributed by atoms with E-state index in [9.17, 15) is 0 Å². The van der Waals surface area contributed by atoms with E-state index in [1.165, 1.54) is 5.39 Å². The quantitative estimate of drug-likeness (QED) is 0.154. The lowest BCUT2D eigenvalue weighted by atomic mass is 10.0. The van der Waals surface area contributed by atoms with Crippen molar-refractivity contribution in [1.82, 2.24) is 35.2 Å². The maximum atomic E-state index is 5.38. The molecular weight excluding hydrogens is 695 g/mol. The topological polar surface area (TPSA) is 117 Å². The van der Waals surface area contributed by atoms with Gasteiger partial charge in [0.15, 0.2) is 0 Å². The van der Waals surface area contributed by atoms with Gasteiger partial charge in [-0.3, -0.25) is 4.98 Å².